The van der Waals surface area contributed by atoms with Crippen molar-refractivity contribution in [1.82, 2.24) is 15.2 Å². The summed E-state index contributed by atoms with van der Waals surface area (Å²) in [6.45, 7) is 1.37. The van der Waals surface area contributed by atoms with Gasteiger partial charge in [-0.15, -0.1) is 11.3 Å². The van der Waals surface area contributed by atoms with Gasteiger partial charge in [0.15, 0.2) is 0 Å². The average Bonchev–Trinajstić information content (AvgIpc) is 3.14. The predicted octanol–water partition coefficient (Wildman–Crippen LogP) is 2.85. The van der Waals surface area contributed by atoms with Gasteiger partial charge in [0.25, 0.3) is 0 Å². The zero-order valence-corrected chi connectivity index (χ0v) is 11.7. The van der Waals surface area contributed by atoms with Gasteiger partial charge < -0.3 is 10.2 Å². The molecular weight excluding hydrogens is 258 g/mol. The normalized spacial score (nSPS) is 14.6. The molecule has 100 valence electrons. The largest absolute Gasteiger partial charge is 0.338 e. The molecule has 1 fully saturated rings. The topological polar surface area (TPSA) is 45.2 Å². The fourth-order valence-electron chi connectivity index (χ4n) is 1.95. The first kappa shape index (κ1) is 12.4. The molecule has 0 saturated heterocycles. The number of carbonyl (C=O) groups excluding carboxylic acids is 1. The summed E-state index contributed by atoms with van der Waals surface area (Å²) < 4.78 is 1.17. The number of nitrogens with zero attached hydrogens (tertiary/aromatic N) is 2. The maximum atomic E-state index is 11.9. The maximum Gasteiger partial charge on any atom is 0.317 e. The van der Waals surface area contributed by atoms with Gasteiger partial charge in [0, 0.05) is 13.6 Å². The number of para-hydroxylation sites is 1. The first-order chi connectivity index (χ1) is 9.22. The van der Waals surface area contributed by atoms with Crippen LogP contribution in [0.25, 0.3) is 10.2 Å². The minimum Gasteiger partial charge on any atom is -0.338 e. The number of rotatable bonds is 4. The second-order valence-corrected chi connectivity index (χ2v) is 6.18. The smallest absolute Gasteiger partial charge is 0.317 e. The standard InChI is InChI=1S/C14H17N3OS/c1-17(14(18)15-8-10-6-7-10)9-13-16-11-4-2-3-5-12(11)19-13/h2-5,10H,6-9H2,1H3,(H,15,18). The van der Waals surface area contributed by atoms with Gasteiger partial charge in [0.05, 0.1) is 16.8 Å². The van der Waals surface area contributed by atoms with Gasteiger partial charge in [0.1, 0.15) is 5.01 Å². The Morgan fingerprint density at radius 2 is 2.26 bits per heavy atom. The van der Waals surface area contributed by atoms with Crippen LogP contribution in [0.1, 0.15) is 17.8 Å². The summed E-state index contributed by atoms with van der Waals surface area (Å²) in [6, 6.07) is 8.05. The fraction of sp³-hybridized carbons (Fsp3) is 0.429. The number of urea groups is 1. The molecule has 2 aromatic rings. The third-order valence-corrected chi connectivity index (χ3v) is 4.32. The van der Waals surface area contributed by atoms with Gasteiger partial charge >= 0.3 is 6.03 Å². The fourth-order valence-corrected chi connectivity index (χ4v) is 2.97. The molecule has 2 amide bonds. The van der Waals surface area contributed by atoms with Crippen molar-refractivity contribution in [1.29, 1.82) is 0 Å². The lowest BCUT2D eigenvalue weighted by Gasteiger charge is -2.16. The lowest BCUT2D eigenvalue weighted by atomic mass is 10.3. The molecule has 1 aliphatic rings. The monoisotopic (exact) mass is 275 g/mol. The quantitative estimate of drug-likeness (QED) is 0.932. The lowest BCUT2D eigenvalue weighted by Crippen LogP contribution is -2.37. The second-order valence-electron chi connectivity index (χ2n) is 5.06. The third kappa shape index (κ3) is 3.04. The van der Waals surface area contributed by atoms with E-state index in [9.17, 15) is 4.79 Å². The molecule has 5 heteroatoms. The van der Waals surface area contributed by atoms with Crippen molar-refractivity contribution in [3.05, 3.63) is 29.3 Å². The summed E-state index contributed by atoms with van der Waals surface area (Å²) in [5.41, 5.74) is 1.01. The third-order valence-electron chi connectivity index (χ3n) is 3.30. The summed E-state index contributed by atoms with van der Waals surface area (Å²) in [7, 11) is 1.81. The molecule has 1 aliphatic carbocycles. The highest BCUT2D eigenvalue weighted by atomic mass is 32.1. The van der Waals surface area contributed by atoms with Crippen molar-refractivity contribution in [3.8, 4) is 0 Å². The van der Waals surface area contributed by atoms with Crippen LogP contribution in [0.15, 0.2) is 24.3 Å². The highest BCUT2D eigenvalue weighted by molar-refractivity contribution is 7.18. The lowest BCUT2D eigenvalue weighted by molar-refractivity contribution is 0.206. The predicted molar refractivity (Wildman–Crippen MR) is 77.2 cm³/mol. The van der Waals surface area contributed by atoms with E-state index in [-0.39, 0.29) is 6.03 Å². The van der Waals surface area contributed by atoms with Crippen molar-refractivity contribution in [2.24, 2.45) is 5.92 Å². The first-order valence-corrected chi connectivity index (χ1v) is 7.37. The van der Waals surface area contributed by atoms with E-state index in [1.54, 1.807) is 16.2 Å². The number of amides is 2. The zero-order chi connectivity index (χ0) is 13.2. The molecule has 0 atom stereocenters. The van der Waals surface area contributed by atoms with E-state index >= 15 is 0 Å². The van der Waals surface area contributed by atoms with E-state index in [2.05, 4.69) is 16.4 Å². The number of hydrogen-bond donors (Lipinski definition) is 1. The SMILES string of the molecule is CN(Cc1nc2ccccc2s1)C(=O)NCC1CC1. The Morgan fingerprint density at radius 3 is 3.00 bits per heavy atom. The minimum absolute atomic E-state index is 0.00819. The summed E-state index contributed by atoms with van der Waals surface area (Å²) in [6.07, 6.45) is 2.50. The second kappa shape index (κ2) is 5.17. The number of benzene rings is 1. The molecule has 1 saturated carbocycles. The van der Waals surface area contributed by atoms with E-state index in [4.69, 9.17) is 0 Å². The van der Waals surface area contributed by atoms with Crippen molar-refractivity contribution < 1.29 is 4.79 Å². The number of aromatic nitrogens is 1. The Kier molecular flexibility index (Phi) is 3.38. The Balaban J connectivity index is 1.60. The molecule has 1 N–H and O–H groups in total. The first-order valence-electron chi connectivity index (χ1n) is 6.56. The molecule has 0 spiro atoms. The van der Waals surface area contributed by atoms with Crippen LogP contribution in [0.3, 0.4) is 0 Å². The Labute approximate surface area is 116 Å². The van der Waals surface area contributed by atoms with E-state index in [1.807, 2.05) is 25.2 Å². The van der Waals surface area contributed by atoms with Gasteiger partial charge in [-0.05, 0) is 30.9 Å². The van der Waals surface area contributed by atoms with Crippen LogP contribution in [-0.4, -0.2) is 29.5 Å². The highest BCUT2D eigenvalue weighted by Crippen LogP contribution is 2.27. The maximum absolute atomic E-state index is 11.9. The van der Waals surface area contributed by atoms with Gasteiger partial charge in [-0.1, -0.05) is 12.1 Å². The molecule has 0 aliphatic heterocycles. The van der Waals surface area contributed by atoms with Crippen LogP contribution < -0.4 is 5.32 Å². The van der Waals surface area contributed by atoms with E-state index in [0.29, 0.717) is 12.5 Å². The van der Waals surface area contributed by atoms with Crippen LogP contribution in [0.4, 0.5) is 4.79 Å². The number of carbonyl (C=O) groups is 1. The molecule has 3 rings (SSSR count). The van der Waals surface area contributed by atoms with Crippen molar-refractivity contribution in [2.75, 3.05) is 13.6 Å². The van der Waals surface area contributed by atoms with Crippen LogP contribution in [0.2, 0.25) is 0 Å². The highest BCUT2D eigenvalue weighted by Gasteiger charge is 2.22. The Hall–Kier alpha value is -1.62. The molecule has 1 aromatic carbocycles. The summed E-state index contributed by atoms with van der Waals surface area (Å²) in [5, 5.41) is 3.94. The summed E-state index contributed by atoms with van der Waals surface area (Å²) >= 11 is 1.65. The van der Waals surface area contributed by atoms with Gasteiger partial charge in [-0.3, -0.25) is 0 Å². The Morgan fingerprint density at radius 1 is 1.47 bits per heavy atom. The van der Waals surface area contributed by atoms with E-state index in [0.717, 1.165) is 17.1 Å². The Bertz CT molecular complexity index is 558. The van der Waals surface area contributed by atoms with Gasteiger partial charge in [-0.2, -0.15) is 0 Å². The van der Waals surface area contributed by atoms with Crippen LogP contribution in [-0.2, 0) is 6.54 Å². The van der Waals surface area contributed by atoms with Gasteiger partial charge in [-0.25, -0.2) is 9.78 Å². The van der Waals surface area contributed by atoms with Crippen LogP contribution in [0.5, 0.6) is 0 Å². The molecule has 0 unspecified atom stereocenters. The molecule has 0 radical (unpaired) electrons. The van der Waals surface area contributed by atoms with Crippen molar-refractivity contribution >= 4 is 27.6 Å². The molecular formula is C14H17N3OS. The molecule has 4 nitrogen and oxygen atoms in total. The van der Waals surface area contributed by atoms with Crippen molar-refractivity contribution in [2.45, 2.75) is 19.4 Å². The van der Waals surface area contributed by atoms with Gasteiger partial charge in [0.2, 0.25) is 0 Å². The number of nitrogens with one attached hydrogen (secondary N) is 1. The number of fused-ring (bicyclic) bond motifs is 1. The van der Waals surface area contributed by atoms with E-state index < -0.39 is 0 Å². The van der Waals surface area contributed by atoms with Crippen LogP contribution in [0, 0.1) is 5.92 Å². The molecule has 19 heavy (non-hydrogen) atoms. The van der Waals surface area contributed by atoms with Crippen LogP contribution >= 0.6 is 11.3 Å². The molecule has 0 bridgehead atoms. The van der Waals surface area contributed by atoms with Crippen molar-refractivity contribution in [3.63, 3.8) is 0 Å². The summed E-state index contributed by atoms with van der Waals surface area (Å²) in [5.74, 6) is 0.708. The van der Waals surface area contributed by atoms with E-state index in [1.165, 1.54) is 17.5 Å². The number of thiazole rings is 1. The summed E-state index contributed by atoms with van der Waals surface area (Å²) in [4.78, 5) is 18.1. The zero-order valence-electron chi connectivity index (χ0n) is 10.9. The number of hydrogen-bond acceptors (Lipinski definition) is 3. The molecule has 1 aromatic heterocycles. The molecule has 1 heterocycles. The minimum atomic E-state index is -0.00819. The average molecular weight is 275 g/mol.